The Labute approximate surface area is 607 Å². The molecule has 8 fully saturated rings. The van der Waals surface area contributed by atoms with Gasteiger partial charge in [0, 0.05) is 144 Å². The van der Waals surface area contributed by atoms with Gasteiger partial charge in [-0.3, -0.25) is 0 Å². The molecule has 0 bridgehead atoms. The van der Waals surface area contributed by atoms with Crippen molar-refractivity contribution in [2.45, 2.75) is 118 Å². The molecule has 11 heterocycles. The first-order chi connectivity index (χ1) is 48.7. The van der Waals surface area contributed by atoms with Crippen molar-refractivity contribution in [2.24, 2.45) is 22.9 Å². The monoisotopic (exact) mass is 1510 g/mol. The standard InChI is InChI=1S/2C23H38N6O6S.C19H32N6O5S/c2*1-23(2,3)35-22(30)27-6-4-19(5-7-27)18-34-21-17-24-20(16-25-21)26-8-10-28(11-9-26)36(31,32)29-12-14-33-15-13-29;1-19(2,3)30-18(26)24-6-4-15(5-7-24)14-29-17-13-21-16(12-22-17)23-8-10-25(11-9-23)31(20,27)28/h2*16-17,19H,4-15,18H2,1-3H3;12-13,15H,4-11,14H2,1-3H3,(H2,20,27,28). The number of rotatable bonds is 17. The van der Waals surface area contributed by atoms with Crippen LogP contribution < -0.4 is 34.0 Å². The minimum absolute atomic E-state index is 0.261. The molecule has 0 saturated carbocycles. The Bertz CT molecular complexity index is 3340. The van der Waals surface area contributed by atoms with E-state index in [1.165, 1.54) is 21.5 Å². The predicted octanol–water partition coefficient (Wildman–Crippen LogP) is 3.23. The third kappa shape index (κ3) is 24.7. The lowest BCUT2D eigenvalue weighted by atomic mass is 9.98. The van der Waals surface area contributed by atoms with Crippen molar-refractivity contribution in [2.75, 3.05) is 205 Å². The first kappa shape index (κ1) is 80.5. The molecule has 8 aliphatic rings. The molecule has 38 heteroatoms. The van der Waals surface area contributed by atoms with Gasteiger partial charge in [0.05, 0.1) is 83.4 Å². The number of anilines is 3. The number of piperazine rings is 3. The lowest BCUT2D eigenvalue weighted by Crippen LogP contribution is -2.55. The van der Waals surface area contributed by atoms with Crippen molar-refractivity contribution < 1.29 is 77.5 Å². The molecule has 0 aromatic carbocycles. The molecule has 8 saturated heterocycles. The molecule has 8 aliphatic heterocycles. The molecule has 35 nitrogen and oxygen atoms in total. The van der Waals surface area contributed by atoms with Crippen molar-refractivity contribution in [3.8, 4) is 17.6 Å². The van der Waals surface area contributed by atoms with Crippen LogP contribution in [0.1, 0.15) is 101 Å². The van der Waals surface area contributed by atoms with E-state index in [0.717, 1.165) is 38.5 Å². The van der Waals surface area contributed by atoms with Crippen LogP contribution in [0, 0.1) is 17.8 Å². The quantitative estimate of drug-likeness (QED) is 0.190. The summed E-state index contributed by atoms with van der Waals surface area (Å²) in [6.07, 6.45) is 14.1. The van der Waals surface area contributed by atoms with Crippen molar-refractivity contribution in [3.05, 3.63) is 37.2 Å². The second-order valence-corrected chi connectivity index (χ2v) is 34.9. The Kier molecular flexibility index (Phi) is 28.2. The fourth-order valence-corrected chi connectivity index (χ4v) is 16.2. The summed E-state index contributed by atoms with van der Waals surface area (Å²) in [4.78, 5) is 74.3. The van der Waals surface area contributed by atoms with Gasteiger partial charge in [0.15, 0.2) is 0 Å². The van der Waals surface area contributed by atoms with Crippen LogP contribution in [0.5, 0.6) is 17.6 Å². The summed E-state index contributed by atoms with van der Waals surface area (Å²) < 4.78 is 126. The van der Waals surface area contributed by atoms with E-state index in [2.05, 4.69) is 29.9 Å². The number of aromatic nitrogens is 6. The molecule has 0 spiro atoms. The highest BCUT2D eigenvalue weighted by Crippen LogP contribution is 2.27. The van der Waals surface area contributed by atoms with E-state index in [0.29, 0.717) is 243 Å². The fourth-order valence-electron chi connectivity index (χ4n) is 12.4. The second-order valence-electron chi connectivity index (χ2n) is 29.5. The van der Waals surface area contributed by atoms with Gasteiger partial charge >= 0.3 is 18.3 Å². The third-order valence-corrected chi connectivity index (χ3v) is 23.5. The summed E-state index contributed by atoms with van der Waals surface area (Å²) in [5, 5.41) is 5.17. The summed E-state index contributed by atoms with van der Waals surface area (Å²) >= 11 is 0. The zero-order valence-corrected chi connectivity index (χ0v) is 63.7. The largest absolute Gasteiger partial charge is 0.476 e. The molecular weight excluding hydrogens is 1400 g/mol. The SMILES string of the molecule is CC(C)(C)OC(=O)N1CCC(COc2cnc(N3CCN(S(=O)(=O)N4CCOCC4)CC3)cn2)CC1.CC(C)(C)OC(=O)N1CCC(COc2cnc(N3CCN(S(=O)(=O)N4CCOCC4)CC3)cn2)CC1.CC(C)(C)OC(=O)N1CCC(COc2cnc(N3CCN(S(N)(=O)=O)CC3)cn2)CC1. The van der Waals surface area contributed by atoms with Crippen LogP contribution in [0.15, 0.2) is 37.2 Å². The van der Waals surface area contributed by atoms with Gasteiger partial charge in [0.1, 0.15) is 34.3 Å². The van der Waals surface area contributed by atoms with Crippen LogP contribution in [0.3, 0.4) is 0 Å². The lowest BCUT2D eigenvalue weighted by Gasteiger charge is -2.37. The lowest BCUT2D eigenvalue weighted by molar-refractivity contribution is 0.0154. The van der Waals surface area contributed by atoms with Gasteiger partial charge in [-0.2, -0.15) is 46.8 Å². The normalized spacial score (nSPS) is 20.8. The highest BCUT2D eigenvalue weighted by molar-refractivity contribution is 7.87. The smallest absolute Gasteiger partial charge is 0.410 e. The maximum atomic E-state index is 12.8. The minimum Gasteiger partial charge on any atom is -0.476 e. The van der Waals surface area contributed by atoms with E-state index >= 15 is 0 Å². The van der Waals surface area contributed by atoms with E-state index in [9.17, 15) is 39.6 Å². The van der Waals surface area contributed by atoms with Crippen LogP contribution in [-0.4, -0.2) is 317 Å². The van der Waals surface area contributed by atoms with Crippen molar-refractivity contribution >= 4 is 66.4 Å². The number of hydrogen-bond donors (Lipinski definition) is 1. The average Bonchev–Trinajstić information content (AvgIpc) is 0.807. The summed E-state index contributed by atoms with van der Waals surface area (Å²) in [7, 11) is -10.6. The molecule has 0 atom stereocenters. The average molecular weight is 1510 g/mol. The number of piperidine rings is 3. The van der Waals surface area contributed by atoms with Gasteiger partial charge in [-0.1, -0.05) is 0 Å². The van der Waals surface area contributed by atoms with E-state index < -0.39 is 47.4 Å². The van der Waals surface area contributed by atoms with Gasteiger partial charge < -0.3 is 67.3 Å². The Morgan fingerprint density at radius 2 is 0.612 bits per heavy atom. The molecule has 578 valence electrons. The van der Waals surface area contributed by atoms with Gasteiger partial charge in [-0.15, -0.1) is 0 Å². The Hall–Kier alpha value is -6.62. The van der Waals surface area contributed by atoms with Gasteiger partial charge in [-0.05, 0) is 119 Å². The number of carbonyl (C=O) groups excluding carboxylic acids is 3. The Morgan fingerprint density at radius 1 is 0.369 bits per heavy atom. The van der Waals surface area contributed by atoms with Gasteiger partial charge in [0.25, 0.3) is 30.6 Å². The molecule has 3 amide bonds. The van der Waals surface area contributed by atoms with Crippen LogP contribution in [0.25, 0.3) is 0 Å². The molecule has 0 unspecified atom stereocenters. The Morgan fingerprint density at radius 3 is 0.835 bits per heavy atom. The third-order valence-electron chi connectivity index (χ3n) is 18.3. The predicted molar refractivity (Wildman–Crippen MR) is 381 cm³/mol. The second kappa shape index (κ2) is 36.1. The number of carbonyl (C=O) groups is 3. The molecular formula is C65H108N18O17S3. The number of amides is 3. The molecule has 2 N–H and O–H groups in total. The summed E-state index contributed by atoms with van der Waals surface area (Å²) in [6, 6.07) is 0. The zero-order chi connectivity index (χ0) is 74.2. The molecule has 3 aromatic rings. The molecule has 0 radical (unpaired) electrons. The number of nitrogens with two attached hydrogens (primary N) is 1. The van der Waals surface area contributed by atoms with Crippen molar-refractivity contribution in [1.29, 1.82) is 0 Å². The number of nitrogens with zero attached hydrogens (tertiary/aromatic N) is 17. The van der Waals surface area contributed by atoms with E-state index in [-0.39, 0.29) is 18.3 Å². The van der Waals surface area contributed by atoms with E-state index in [1.807, 2.05) is 77.0 Å². The van der Waals surface area contributed by atoms with Gasteiger partial charge in [-0.25, -0.2) is 49.4 Å². The summed E-state index contributed by atoms with van der Waals surface area (Å²) in [6.45, 7) is 31.1. The molecule has 3 aromatic heterocycles. The van der Waals surface area contributed by atoms with Crippen LogP contribution in [0.2, 0.25) is 0 Å². The number of hydrogen-bond acceptors (Lipinski definition) is 26. The van der Waals surface area contributed by atoms with Crippen molar-refractivity contribution in [3.63, 3.8) is 0 Å². The maximum Gasteiger partial charge on any atom is 0.410 e. The maximum absolute atomic E-state index is 12.8. The van der Waals surface area contributed by atoms with E-state index in [4.69, 9.17) is 43.0 Å². The van der Waals surface area contributed by atoms with Crippen molar-refractivity contribution in [1.82, 2.24) is 66.1 Å². The fraction of sp³-hybridized carbons (Fsp3) is 0.769. The van der Waals surface area contributed by atoms with Crippen LogP contribution in [0.4, 0.5) is 31.8 Å². The highest BCUT2D eigenvalue weighted by Gasteiger charge is 2.37. The first-order valence-electron chi connectivity index (χ1n) is 35.7. The van der Waals surface area contributed by atoms with Gasteiger partial charge in [0.2, 0.25) is 17.6 Å². The van der Waals surface area contributed by atoms with E-state index in [1.54, 1.807) is 51.9 Å². The molecule has 103 heavy (non-hydrogen) atoms. The topological polar surface area (TPSA) is 366 Å². The number of ether oxygens (including phenoxy) is 8. The highest BCUT2D eigenvalue weighted by atomic mass is 32.2. The Balaban J connectivity index is 0.000000180. The van der Waals surface area contributed by atoms with Crippen LogP contribution in [-0.2, 0) is 54.3 Å². The minimum atomic E-state index is -3.65. The summed E-state index contributed by atoms with van der Waals surface area (Å²) in [5.41, 5.74) is -1.47. The van der Waals surface area contributed by atoms with Crippen LogP contribution >= 0.6 is 0 Å². The first-order valence-corrected chi connectivity index (χ1v) is 40.0. The summed E-state index contributed by atoms with van der Waals surface area (Å²) in [5.74, 6) is 4.47. The number of morpholine rings is 2. The zero-order valence-electron chi connectivity index (χ0n) is 61.3. The molecule has 0 aliphatic carbocycles. The number of likely N-dealkylation sites (tertiary alicyclic amines) is 3. The molecule has 11 rings (SSSR count).